The predicted octanol–water partition coefficient (Wildman–Crippen LogP) is 4.54. The molecule has 0 fully saturated rings. The highest BCUT2D eigenvalue weighted by Crippen LogP contribution is 2.29. The van der Waals surface area contributed by atoms with Gasteiger partial charge in [-0.15, -0.1) is 0 Å². The SMILES string of the molecule is CCOC(=O)C(C)n1cc(-c2cc(C)cc(Nc3nccc(C(F)(F)F)n3)c2)cn1. The maximum Gasteiger partial charge on any atom is 0.433 e. The summed E-state index contributed by atoms with van der Waals surface area (Å²) in [7, 11) is 0. The monoisotopic (exact) mass is 419 g/mol. The van der Waals surface area contributed by atoms with Gasteiger partial charge in [0.1, 0.15) is 11.7 Å². The fraction of sp³-hybridized carbons (Fsp3) is 0.300. The predicted molar refractivity (Wildman–Crippen MR) is 104 cm³/mol. The summed E-state index contributed by atoms with van der Waals surface area (Å²) in [6, 6.07) is 5.63. The standard InChI is InChI=1S/C20H20F3N5O2/c1-4-30-18(29)13(3)28-11-15(10-25-28)14-7-12(2)8-16(9-14)26-19-24-6-5-17(27-19)20(21,22)23/h5-11,13H,4H2,1-3H3,(H,24,26,27). The fourth-order valence-electron chi connectivity index (χ4n) is 2.80. The van der Waals surface area contributed by atoms with Crippen LogP contribution < -0.4 is 5.32 Å². The van der Waals surface area contributed by atoms with Crippen LogP contribution in [-0.2, 0) is 15.7 Å². The Morgan fingerprint density at radius 3 is 2.73 bits per heavy atom. The Kier molecular flexibility index (Phi) is 6.04. The molecule has 0 saturated carbocycles. The topological polar surface area (TPSA) is 81.9 Å². The van der Waals surface area contributed by atoms with E-state index < -0.39 is 17.9 Å². The molecule has 2 heterocycles. The lowest BCUT2D eigenvalue weighted by molar-refractivity contribution is -0.147. The van der Waals surface area contributed by atoms with E-state index in [1.807, 2.05) is 13.0 Å². The number of aromatic nitrogens is 4. The molecule has 0 amide bonds. The second-order valence-corrected chi connectivity index (χ2v) is 6.61. The van der Waals surface area contributed by atoms with Gasteiger partial charge in [0.2, 0.25) is 5.95 Å². The van der Waals surface area contributed by atoms with Crippen molar-refractivity contribution in [3.63, 3.8) is 0 Å². The van der Waals surface area contributed by atoms with Gasteiger partial charge in [0.15, 0.2) is 0 Å². The minimum Gasteiger partial charge on any atom is -0.464 e. The molecule has 0 bridgehead atoms. The van der Waals surface area contributed by atoms with Crippen LogP contribution in [0.3, 0.4) is 0 Å². The molecule has 30 heavy (non-hydrogen) atoms. The molecule has 3 rings (SSSR count). The van der Waals surface area contributed by atoms with Gasteiger partial charge in [-0.2, -0.15) is 18.3 Å². The molecule has 1 unspecified atom stereocenters. The van der Waals surface area contributed by atoms with Crippen molar-refractivity contribution in [3.8, 4) is 11.1 Å². The van der Waals surface area contributed by atoms with Crippen LogP contribution in [-0.4, -0.2) is 32.3 Å². The Bertz CT molecular complexity index is 1050. The lowest BCUT2D eigenvalue weighted by atomic mass is 10.1. The highest BCUT2D eigenvalue weighted by atomic mass is 19.4. The van der Waals surface area contributed by atoms with E-state index in [0.29, 0.717) is 5.69 Å². The van der Waals surface area contributed by atoms with Crippen LogP contribution in [0.4, 0.5) is 24.8 Å². The van der Waals surface area contributed by atoms with Crippen LogP contribution in [0.15, 0.2) is 42.9 Å². The summed E-state index contributed by atoms with van der Waals surface area (Å²) in [5.41, 5.74) is 1.88. The second kappa shape index (κ2) is 8.52. The average Bonchev–Trinajstić information content (AvgIpc) is 3.17. The van der Waals surface area contributed by atoms with E-state index in [2.05, 4.69) is 20.4 Å². The number of aryl methyl sites for hydroxylation is 1. The highest BCUT2D eigenvalue weighted by Gasteiger charge is 2.32. The third kappa shape index (κ3) is 4.94. The number of anilines is 2. The van der Waals surface area contributed by atoms with Gasteiger partial charge in [0.05, 0.1) is 12.8 Å². The number of halogens is 3. The number of esters is 1. The van der Waals surface area contributed by atoms with Gasteiger partial charge in [-0.25, -0.2) is 14.8 Å². The van der Waals surface area contributed by atoms with Crippen LogP contribution in [0.25, 0.3) is 11.1 Å². The average molecular weight is 419 g/mol. The Morgan fingerprint density at radius 2 is 2.03 bits per heavy atom. The number of nitrogens with one attached hydrogen (secondary N) is 1. The Morgan fingerprint density at radius 1 is 1.27 bits per heavy atom. The molecule has 3 aromatic rings. The molecule has 7 nitrogen and oxygen atoms in total. The van der Waals surface area contributed by atoms with E-state index in [-0.39, 0.29) is 18.5 Å². The first-order chi connectivity index (χ1) is 14.2. The van der Waals surface area contributed by atoms with Crippen LogP contribution in [0.1, 0.15) is 31.1 Å². The molecule has 0 aliphatic heterocycles. The minimum absolute atomic E-state index is 0.159. The maximum absolute atomic E-state index is 12.9. The fourth-order valence-corrected chi connectivity index (χ4v) is 2.80. The third-order valence-corrected chi connectivity index (χ3v) is 4.24. The molecule has 158 valence electrons. The molecule has 10 heteroatoms. The first-order valence-corrected chi connectivity index (χ1v) is 9.17. The molecule has 2 aromatic heterocycles. The third-order valence-electron chi connectivity index (χ3n) is 4.24. The maximum atomic E-state index is 12.9. The number of hydrogen-bond donors (Lipinski definition) is 1. The molecule has 0 aliphatic carbocycles. The van der Waals surface area contributed by atoms with E-state index in [1.54, 1.807) is 38.4 Å². The van der Waals surface area contributed by atoms with Gasteiger partial charge >= 0.3 is 12.1 Å². The molecular formula is C20H20F3N5O2. The number of nitrogens with zero attached hydrogens (tertiary/aromatic N) is 4. The number of ether oxygens (including phenoxy) is 1. The summed E-state index contributed by atoms with van der Waals surface area (Å²) in [5, 5.41) is 7.03. The van der Waals surface area contributed by atoms with E-state index in [9.17, 15) is 18.0 Å². The Labute approximate surface area is 170 Å². The van der Waals surface area contributed by atoms with Gasteiger partial charge in [-0.05, 0) is 50.1 Å². The highest BCUT2D eigenvalue weighted by molar-refractivity contribution is 5.74. The quantitative estimate of drug-likeness (QED) is 0.591. The minimum atomic E-state index is -4.55. The number of rotatable bonds is 6. The van der Waals surface area contributed by atoms with Crippen LogP contribution in [0.2, 0.25) is 0 Å². The molecular weight excluding hydrogens is 399 g/mol. The smallest absolute Gasteiger partial charge is 0.433 e. The summed E-state index contributed by atoms with van der Waals surface area (Å²) >= 11 is 0. The molecule has 0 saturated heterocycles. The Hall–Kier alpha value is -3.43. The number of hydrogen-bond acceptors (Lipinski definition) is 6. The molecule has 0 radical (unpaired) electrons. The zero-order chi connectivity index (χ0) is 21.9. The number of carbonyl (C=O) groups excluding carboxylic acids is 1. The van der Waals surface area contributed by atoms with Gasteiger partial charge in [0, 0.05) is 23.6 Å². The van der Waals surface area contributed by atoms with Gasteiger partial charge in [0.25, 0.3) is 0 Å². The van der Waals surface area contributed by atoms with E-state index in [0.717, 1.165) is 29.0 Å². The summed E-state index contributed by atoms with van der Waals surface area (Å²) in [6.45, 7) is 5.55. The van der Waals surface area contributed by atoms with Crippen molar-refractivity contribution in [1.82, 2.24) is 19.7 Å². The lowest BCUT2D eigenvalue weighted by Gasteiger charge is -2.11. The van der Waals surface area contributed by atoms with E-state index in [4.69, 9.17) is 4.74 Å². The zero-order valence-corrected chi connectivity index (χ0v) is 16.6. The first-order valence-electron chi connectivity index (χ1n) is 9.17. The summed E-state index contributed by atoms with van der Waals surface area (Å²) in [6.07, 6.45) is -0.188. The van der Waals surface area contributed by atoms with Crippen molar-refractivity contribution in [1.29, 1.82) is 0 Å². The van der Waals surface area contributed by atoms with Gasteiger partial charge in [-0.3, -0.25) is 4.68 Å². The summed E-state index contributed by atoms with van der Waals surface area (Å²) in [5.74, 6) is -0.548. The normalized spacial score (nSPS) is 12.5. The van der Waals surface area contributed by atoms with Crippen molar-refractivity contribution in [2.75, 3.05) is 11.9 Å². The van der Waals surface area contributed by atoms with Gasteiger partial charge < -0.3 is 10.1 Å². The van der Waals surface area contributed by atoms with Crippen molar-refractivity contribution < 1.29 is 22.7 Å². The molecule has 0 aliphatic rings. The van der Waals surface area contributed by atoms with Gasteiger partial charge in [-0.1, -0.05) is 6.07 Å². The molecule has 1 atom stereocenters. The number of alkyl halides is 3. The Balaban J connectivity index is 1.85. The number of carbonyl (C=O) groups is 1. The van der Waals surface area contributed by atoms with Crippen molar-refractivity contribution in [2.24, 2.45) is 0 Å². The van der Waals surface area contributed by atoms with Crippen LogP contribution >= 0.6 is 0 Å². The lowest BCUT2D eigenvalue weighted by Crippen LogP contribution is -2.19. The van der Waals surface area contributed by atoms with Crippen LogP contribution in [0.5, 0.6) is 0 Å². The first kappa shape index (κ1) is 21.3. The zero-order valence-electron chi connectivity index (χ0n) is 16.6. The summed E-state index contributed by atoms with van der Waals surface area (Å²) < 4.78 is 45.1. The van der Waals surface area contributed by atoms with Crippen molar-refractivity contribution in [2.45, 2.75) is 33.0 Å². The summed E-state index contributed by atoms with van der Waals surface area (Å²) in [4.78, 5) is 19.3. The molecule has 1 aromatic carbocycles. The van der Waals surface area contributed by atoms with E-state index in [1.165, 1.54) is 4.68 Å². The largest absolute Gasteiger partial charge is 0.464 e. The second-order valence-electron chi connectivity index (χ2n) is 6.61. The van der Waals surface area contributed by atoms with E-state index >= 15 is 0 Å². The van der Waals surface area contributed by atoms with Crippen molar-refractivity contribution >= 4 is 17.6 Å². The number of benzene rings is 1. The van der Waals surface area contributed by atoms with Crippen molar-refractivity contribution in [3.05, 3.63) is 54.1 Å². The van der Waals surface area contributed by atoms with Crippen LogP contribution in [0, 0.1) is 6.92 Å². The molecule has 0 spiro atoms. The molecule has 1 N–H and O–H groups in total.